The van der Waals surface area contributed by atoms with Gasteiger partial charge >= 0.3 is 11.9 Å². The topological polar surface area (TPSA) is 80.9 Å². The van der Waals surface area contributed by atoms with Gasteiger partial charge < -0.3 is 5.11 Å². The normalized spacial score (nSPS) is 11.6. The van der Waals surface area contributed by atoms with Gasteiger partial charge in [-0.1, -0.05) is 51.0 Å². The third-order valence-electron chi connectivity index (χ3n) is 5.29. The van der Waals surface area contributed by atoms with Crippen molar-refractivity contribution in [3.63, 3.8) is 0 Å². The molecule has 0 spiro atoms. The van der Waals surface area contributed by atoms with Crippen molar-refractivity contribution in [2.75, 3.05) is 0 Å². The highest BCUT2D eigenvalue weighted by Gasteiger charge is 2.36. The summed E-state index contributed by atoms with van der Waals surface area (Å²) in [5.41, 5.74) is 2.27. The summed E-state index contributed by atoms with van der Waals surface area (Å²) in [6, 6.07) is 8.75. The number of carboxylic acid groups (broad SMARTS) is 1. The zero-order valence-corrected chi connectivity index (χ0v) is 18.4. The van der Waals surface area contributed by atoms with Crippen molar-refractivity contribution in [1.82, 2.24) is 19.7 Å². The number of benzene rings is 1. The molecule has 0 aliphatic heterocycles. The fourth-order valence-electron chi connectivity index (χ4n) is 3.57. The van der Waals surface area contributed by atoms with Crippen LogP contribution in [0.25, 0.3) is 11.1 Å². The third-order valence-corrected chi connectivity index (χ3v) is 5.29. The molecule has 32 heavy (non-hydrogen) atoms. The van der Waals surface area contributed by atoms with Crippen LogP contribution in [0.15, 0.2) is 42.7 Å². The molecule has 0 aliphatic carbocycles. The Labute approximate surface area is 186 Å². The predicted octanol–water partition coefficient (Wildman–Crippen LogP) is 5.71. The van der Waals surface area contributed by atoms with Crippen LogP contribution in [0.2, 0.25) is 0 Å². The molecule has 0 saturated heterocycles. The number of carbonyl (C=O) groups is 1. The van der Waals surface area contributed by atoms with Crippen LogP contribution in [0.1, 0.15) is 73.5 Å². The van der Waals surface area contributed by atoms with E-state index in [0.717, 1.165) is 30.4 Å². The highest BCUT2D eigenvalue weighted by Crippen LogP contribution is 2.31. The number of hydrogen-bond donors (Lipinski definition) is 1. The molecule has 6 nitrogen and oxygen atoms in total. The Kier molecular flexibility index (Phi) is 7.66. The number of aromatic nitrogens is 4. The predicted molar refractivity (Wildman–Crippen MR) is 118 cm³/mol. The van der Waals surface area contributed by atoms with E-state index in [0.29, 0.717) is 30.8 Å². The second-order valence-electron chi connectivity index (χ2n) is 7.84. The van der Waals surface area contributed by atoms with Crippen LogP contribution >= 0.6 is 0 Å². The molecular weight excluding hydrogens is 414 g/mol. The molecule has 0 fully saturated rings. The van der Waals surface area contributed by atoms with Gasteiger partial charge in [-0.15, -0.1) is 5.10 Å². The van der Waals surface area contributed by atoms with Crippen molar-refractivity contribution in [1.29, 1.82) is 0 Å². The standard InChI is InChI=1S/C24H28F2N4O2/c1-3-5-6-7-21-28-23(24(25,26)13-4-2)29-30(21)16-17-8-10-18(11-9-17)20-15-27-14-12-19(20)22(31)32/h8-12,14-15H,3-7,13,16H2,1-2H3,(H,31,32). The maximum atomic E-state index is 14.4. The Balaban J connectivity index is 1.86. The summed E-state index contributed by atoms with van der Waals surface area (Å²) in [4.78, 5) is 19.7. The number of pyridine rings is 1. The van der Waals surface area contributed by atoms with Gasteiger partial charge in [0.05, 0.1) is 12.1 Å². The molecule has 0 unspecified atom stereocenters. The Hall–Kier alpha value is -3.16. The Morgan fingerprint density at radius 3 is 2.50 bits per heavy atom. The number of rotatable bonds is 11. The minimum Gasteiger partial charge on any atom is -0.478 e. The first-order valence-corrected chi connectivity index (χ1v) is 10.9. The van der Waals surface area contributed by atoms with Crippen molar-refractivity contribution in [2.45, 2.75) is 64.8 Å². The van der Waals surface area contributed by atoms with E-state index in [9.17, 15) is 18.7 Å². The van der Waals surface area contributed by atoms with E-state index in [-0.39, 0.29) is 12.0 Å². The molecule has 3 aromatic rings. The summed E-state index contributed by atoms with van der Waals surface area (Å²) in [5, 5.41) is 13.6. The molecule has 0 bridgehead atoms. The van der Waals surface area contributed by atoms with Crippen LogP contribution in [0, 0.1) is 0 Å². The Morgan fingerprint density at radius 2 is 1.84 bits per heavy atom. The van der Waals surface area contributed by atoms with Crippen molar-refractivity contribution < 1.29 is 18.7 Å². The number of unbranched alkanes of at least 4 members (excludes halogenated alkanes) is 2. The van der Waals surface area contributed by atoms with Gasteiger partial charge in [-0.2, -0.15) is 8.78 Å². The zero-order chi connectivity index (χ0) is 23.1. The smallest absolute Gasteiger partial charge is 0.336 e. The molecule has 1 N–H and O–H groups in total. The van der Waals surface area contributed by atoms with E-state index < -0.39 is 17.7 Å². The highest BCUT2D eigenvalue weighted by atomic mass is 19.3. The number of alkyl halides is 2. The van der Waals surface area contributed by atoms with Crippen LogP contribution in [0.3, 0.4) is 0 Å². The second kappa shape index (κ2) is 10.4. The third kappa shape index (κ3) is 5.55. The van der Waals surface area contributed by atoms with Crippen molar-refractivity contribution in [3.8, 4) is 11.1 Å². The summed E-state index contributed by atoms with van der Waals surface area (Å²) in [6.07, 6.45) is 6.52. The zero-order valence-electron chi connectivity index (χ0n) is 18.4. The summed E-state index contributed by atoms with van der Waals surface area (Å²) in [6.45, 7) is 4.12. The first-order valence-electron chi connectivity index (χ1n) is 10.9. The first-order chi connectivity index (χ1) is 15.4. The van der Waals surface area contributed by atoms with Gasteiger partial charge in [0.25, 0.3) is 0 Å². The number of carboxylic acids is 1. The van der Waals surface area contributed by atoms with Gasteiger partial charge in [0.1, 0.15) is 5.82 Å². The SMILES string of the molecule is CCCCCc1nc(C(F)(F)CCC)nn1Cc1ccc(-c2cnccc2C(=O)O)cc1. The lowest BCUT2D eigenvalue weighted by atomic mass is 10.0. The van der Waals surface area contributed by atoms with Crippen molar-refractivity contribution >= 4 is 5.97 Å². The second-order valence-corrected chi connectivity index (χ2v) is 7.84. The number of halogens is 2. The lowest BCUT2D eigenvalue weighted by molar-refractivity contribution is -0.0232. The molecule has 0 saturated carbocycles. The highest BCUT2D eigenvalue weighted by molar-refractivity contribution is 5.95. The van der Waals surface area contributed by atoms with Crippen LogP contribution in [0.5, 0.6) is 0 Å². The van der Waals surface area contributed by atoms with E-state index in [1.807, 2.05) is 12.1 Å². The van der Waals surface area contributed by atoms with Gasteiger partial charge in [0.15, 0.2) is 0 Å². The van der Waals surface area contributed by atoms with Gasteiger partial charge in [0.2, 0.25) is 5.82 Å². The van der Waals surface area contributed by atoms with Crippen LogP contribution in [-0.4, -0.2) is 30.8 Å². The van der Waals surface area contributed by atoms with E-state index in [2.05, 4.69) is 22.0 Å². The molecule has 2 heterocycles. The minimum absolute atomic E-state index is 0.171. The number of aryl methyl sites for hydroxylation is 1. The number of aromatic carboxylic acids is 1. The summed E-state index contributed by atoms with van der Waals surface area (Å²) in [7, 11) is 0. The summed E-state index contributed by atoms with van der Waals surface area (Å²) >= 11 is 0. The lowest BCUT2D eigenvalue weighted by Crippen LogP contribution is -2.15. The molecule has 0 radical (unpaired) electrons. The Morgan fingerprint density at radius 1 is 1.09 bits per heavy atom. The number of nitrogens with zero attached hydrogens (tertiary/aromatic N) is 4. The summed E-state index contributed by atoms with van der Waals surface area (Å²) in [5.74, 6) is -3.92. The molecule has 0 atom stereocenters. The van der Waals surface area contributed by atoms with E-state index in [1.54, 1.807) is 23.7 Å². The first kappa shape index (κ1) is 23.5. The lowest BCUT2D eigenvalue weighted by Gasteiger charge is -2.10. The number of hydrogen-bond acceptors (Lipinski definition) is 4. The summed E-state index contributed by atoms with van der Waals surface area (Å²) < 4.78 is 30.4. The molecule has 0 aliphatic rings. The molecule has 2 aromatic heterocycles. The Bertz CT molecular complexity index is 1050. The quantitative estimate of drug-likeness (QED) is 0.385. The average Bonchev–Trinajstić information content (AvgIpc) is 3.18. The molecule has 170 valence electrons. The largest absolute Gasteiger partial charge is 0.478 e. The van der Waals surface area contributed by atoms with E-state index in [1.165, 1.54) is 18.5 Å². The average molecular weight is 443 g/mol. The van der Waals surface area contributed by atoms with Crippen LogP contribution < -0.4 is 0 Å². The maximum Gasteiger partial charge on any atom is 0.336 e. The van der Waals surface area contributed by atoms with Crippen LogP contribution in [-0.2, 0) is 18.9 Å². The van der Waals surface area contributed by atoms with Gasteiger partial charge in [-0.25, -0.2) is 14.5 Å². The molecule has 0 amide bonds. The van der Waals surface area contributed by atoms with Crippen molar-refractivity contribution in [3.05, 3.63) is 65.5 Å². The molecule has 1 aromatic carbocycles. The van der Waals surface area contributed by atoms with E-state index in [4.69, 9.17) is 0 Å². The maximum absolute atomic E-state index is 14.4. The van der Waals surface area contributed by atoms with Crippen molar-refractivity contribution in [2.24, 2.45) is 0 Å². The fourth-order valence-corrected chi connectivity index (χ4v) is 3.57. The molecular formula is C24H28F2N4O2. The monoisotopic (exact) mass is 442 g/mol. The molecule has 8 heteroatoms. The van der Waals surface area contributed by atoms with E-state index >= 15 is 0 Å². The van der Waals surface area contributed by atoms with Crippen LogP contribution in [0.4, 0.5) is 8.78 Å². The van der Waals surface area contributed by atoms with Gasteiger partial charge in [-0.3, -0.25) is 4.98 Å². The fraction of sp³-hybridized carbons (Fsp3) is 0.417. The van der Waals surface area contributed by atoms with Gasteiger partial charge in [-0.05, 0) is 30.0 Å². The minimum atomic E-state index is -3.04. The molecule has 3 rings (SSSR count). The van der Waals surface area contributed by atoms with Gasteiger partial charge in [0, 0.05) is 30.8 Å².